The SMILES string of the molecule is Cn1c(Cl)c(C#N)ccc1=O. The van der Waals surface area contributed by atoms with E-state index in [0.717, 1.165) is 0 Å². The summed E-state index contributed by atoms with van der Waals surface area (Å²) in [6.45, 7) is 0. The van der Waals surface area contributed by atoms with Crippen LogP contribution in [0.4, 0.5) is 0 Å². The zero-order valence-electron chi connectivity index (χ0n) is 5.84. The molecule has 11 heavy (non-hydrogen) atoms. The standard InChI is InChI=1S/C7H5ClN2O/c1-10-6(11)3-2-5(4-9)7(10)8/h2-3H,1H3. The first-order valence-electron chi connectivity index (χ1n) is 2.92. The van der Waals surface area contributed by atoms with E-state index in [0.29, 0.717) is 5.56 Å². The Morgan fingerprint density at radius 2 is 2.27 bits per heavy atom. The van der Waals surface area contributed by atoms with Crippen LogP contribution in [0, 0.1) is 11.3 Å². The summed E-state index contributed by atoms with van der Waals surface area (Å²) < 4.78 is 1.22. The van der Waals surface area contributed by atoms with E-state index in [1.165, 1.54) is 23.7 Å². The molecule has 0 radical (unpaired) electrons. The number of halogens is 1. The molecule has 0 aliphatic carbocycles. The summed E-state index contributed by atoms with van der Waals surface area (Å²) in [4.78, 5) is 10.9. The van der Waals surface area contributed by atoms with Gasteiger partial charge in [-0.2, -0.15) is 5.26 Å². The van der Waals surface area contributed by atoms with E-state index in [9.17, 15) is 4.79 Å². The number of rotatable bonds is 0. The molecule has 4 heteroatoms. The Morgan fingerprint density at radius 3 is 2.82 bits per heavy atom. The van der Waals surface area contributed by atoms with Gasteiger partial charge in [0.2, 0.25) is 0 Å². The second-order valence-electron chi connectivity index (χ2n) is 2.05. The molecule has 0 N–H and O–H groups in total. The van der Waals surface area contributed by atoms with Crippen LogP contribution in [0.1, 0.15) is 5.56 Å². The van der Waals surface area contributed by atoms with Crippen molar-refractivity contribution in [3.8, 4) is 6.07 Å². The summed E-state index contributed by atoms with van der Waals surface area (Å²) in [5, 5.41) is 8.66. The highest BCUT2D eigenvalue weighted by molar-refractivity contribution is 6.30. The first kappa shape index (κ1) is 7.83. The fourth-order valence-corrected chi connectivity index (χ4v) is 0.885. The van der Waals surface area contributed by atoms with Gasteiger partial charge in [-0.05, 0) is 6.07 Å². The van der Waals surface area contributed by atoms with Crippen molar-refractivity contribution in [1.82, 2.24) is 4.57 Å². The number of nitriles is 1. The maximum atomic E-state index is 10.9. The van der Waals surface area contributed by atoms with E-state index >= 15 is 0 Å². The summed E-state index contributed by atoms with van der Waals surface area (Å²) in [5.41, 5.74) is 0.0998. The Balaban J connectivity index is 3.52. The summed E-state index contributed by atoms with van der Waals surface area (Å²) in [6.07, 6.45) is 0. The molecule has 0 aliphatic rings. The van der Waals surface area contributed by atoms with E-state index in [1.54, 1.807) is 0 Å². The van der Waals surface area contributed by atoms with Gasteiger partial charge in [-0.1, -0.05) is 11.6 Å². The smallest absolute Gasteiger partial charge is 0.251 e. The van der Waals surface area contributed by atoms with Crippen molar-refractivity contribution in [2.75, 3.05) is 0 Å². The summed E-state index contributed by atoms with van der Waals surface area (Å²) in [5.74, 6) is 0. The molecule has 0 spiro atoms. The Kier molecular flexibility index (Phi) is 1.97. The molecule has 56 valence electrons. The molecule has 0 fully saturated rings. The molecule has 3 nitrogen and oxygen atoms in total. The average molecular weight is 169 g/mol. The molecule has 0 aliphatic heterocycles. The molecule has 0 bridgehead atoms. The van der Waals surface area contributed by atoms with Gasteiger partial charge in [0.15, 0.2) is 0 Å². The van der Waals surface area contributed by atoms with Gasteiger partial charge >= 0.3 is 0 Å². The second kappa shape index (κ2) is 2.77. The van der Waals surface area contributed by atoms with E-state index < -0.39 is 0 Å². The first-order valence-corrected chi connectivity index (χ1v) is 3.30. The Bertz CT molecular complexity index is 375. The largest absolute Gasteiger partial charge is 0.301 e. The number of pyridine rings is 1. The van der Waals surface area contributed by atoms with Crippen LogP contribution >= 0.6 is 11.6 Å². The maximum absolute atomic E-state index is 10.9. The van der Waals surface area contributed by atoms with Crippen LogP contribution in [0.2, 0.25) is 5.15 Å². The van der Waals surface area contributed by atoms with Gasteiger partial charge in [0, 0.05) is 13.1 Å². The first-order chi connectivity index (χ1) is 5.16. The van der Waals surface area contributed by atoms with Crippen molar-refractivity contribution in [3.05, 3.63) is 33.2 Å². The molecule has 1 aromatic heterocycles. The number of aromatic nitrogens is 1. The van der Waals surface area contributed by atoms with E-state index in [4.69, 9.17) is 16.9 Å². The minimum absolute atomic E-state index is 0.181. The third-order valence-corrected chi connectivity index (χ3v) is 1.82. The van der Waals surface area contributed by atoms with Gasteiger partial charge in [0.05, 0.1) is 5.56 Å². The molecule has 0 saturated heterocycles. The molecule has 0 aromatic carbocycles. The average Bonchev–Trinajstić information content (AvgIpc) is 2.01. The topological polar surface area (TPSA) is 45.8 Å². The Labute approximate surface area is 68.4 Å². The fourth-order valence-electron chi connectivity index (χ4n) is 0.696. The van der Waals surface area contributed by atoms with Crippen molar-refractivity contribution < 1.29 is 0 Å². The number of hydrogen-bond acceptors (Lipinski definition) is 2. The van der Waals surface area contributed by atoms with Crippen LogP contribution in [-0.2, 0) is 7.05 Å². The summed E-state index contributed by atoms with van der Waals surface area (Å²) in [7, 11) is 1.52. The van der Waals surface area contributed by atoms with E-state index in [2.05, 4.69) is 0 Å². The highest BCUT2D eigenvalue weighted by Crippen LogP contribution is 2.09. The summed E-state index contributed by atoms with van der Waals surface area (Å²) >= 11 is 5.64. The van der Waals surface area contributed by atoms with E-state index in [-0.39, 0.29) is 10.7 Å². The number of nitrogens with zero attached hydrogens (tertiary/aromatic N) is 2. The van der Waals surface area contributed by atoms with Crippen molar-refractivity contribution in [2.45, 2.75) is 0 Å². The van der Waals surface area contributed by atoms with Crippen LogP contribution in [0.15, 0.2) is 16.9 Å². The van der Waals surface area contributed by atoms with Gasteiger partial charge < -0.3 is 4.57 Å². The third-order valence-electron chi connectivity index (χ3n) is 1.36. The second-order valence-corrected chi connectivity index (χ2v) is 2.40. The van der Waals surface area contributed by atoms with Crippen LogP contribution in [-0.4, -0.2) is 4.57 Å². The van der Waals surface area contributed by atoms with Crippen molar-refractivity contribution in [3.63, 3.8) is 0 Å². The minimum atomic E-state index is -0.214. The van der Waals surface area contributed by atoms with Crippen LogP contribution in [0.25, 0.3) is 0 Å². The Hall–Kier alpha value is -1.27. The predicted molar refractivity (Wildman–Crippen MR) is 41.4 cm³/mol. The minimum Gasteiger partial charge on any atom is -0.301 e. The number of hydrogen-bond donors (Lipinski definition) is 0. The Morgan fingerprint density at radius 1 is 1.64 bits per heavy atom. The highest BCUT2D eigenvalue weighted by Gasteiger charge is 2.02. The van der Waals surface area contributed by atoms with Crippen molar-refractivity contribution in [2.24, 2.45) is 7.05 Å². The molecule has 0 amide bonds. The molecule has 1 heterocycles. The van der Waals surface area contributed by atoms with E-state index in [1.807, 2.05) is 6.07 Å². The van der Waals surface area contributed by atoms with Crippen molar-refractivity contribution >= 4 is 11.6 Å². The molecular weight excluding hydrogens is 164 g/mol. The van der Waals surface area contributed by atoms with Gasteiger partial charge in [-0.3, -0.25) is 4.79 Å². The lowest BCUT2D eigenvalue weighted by atomic mass is 10.3. The maximum Gasteiger partial charge on any atom is 0.251 e. The zero-order valence-corrected chi connectivity index (χ0v) is 6.59. The normalized spacial score (nSPS) is 9.18. The molecular formula is C7H5ClN2O. The molecule has 0 atom stereocenters. The molecule has 1 rings (SSSR count). The third kappa shape index (κ3) is 1.26. The lowest BCUT2D eigenvalue weighted by Crippen LogP contribution is -2.16. The quantitative estimate of drug-likeness (QED) is 0.541. The molecule has 1 aromatic rings. The predicted octanol–water partition coefficient (Wildman–Crippen LogP) is 0.910. The van der Waals surface area contributed by atoms with Crippen LogP contribution < -0.4 is 5.56 Å². The highest BCUT2D eigenvalue weighted by atomic mass is 35.5. The lowest BCUT2D eigenvalue weighted by Gasteiger charge is -1.99. The molecule has 0 unspecified atom stereocenters. The fraction of sp³-hybridized carbons (Fsp3) is 0.143. The van der Waals surface area contributed by atoms with Crippen LogP contribution in [0.5, 0.6) is 0 Å². The van der Waals surface area contributed by atoms with Gasteiger partial charge in [-0.25, -0.2) is 0 Å². The van der Waals surface area contributed by atoms with Gasteiger partial charge in [-0.15, -0.1) is 0 Å². The zero-order chi connectivity index (χ0) is 8.43. The van der Waals surface area contributed by atoms with Gasteiger partial charge in [0.1, 0.15) is 11.2 Å². The summed E-state index contributed by atoms with van der Waals surface area (Å²) in [6, 6.07) is 4.59. The van der Waals surface area contributed by atoms with Crippen molar-refractivity contribution in [1.29, 1.82) is 5.26 Å². The lowest BCUT2D eigenvalue weighted by molar-refractivity contribution is 0.858. The molecule has 0 saturated carbocycles. The van der Waals surface area contributed by atoms with Gasteiger partial charge in [0.25, 0.3) is 5.56 Å². The van der Waals surface area contributed by atoms with Crippen LogP contribution in [0.3, 0.4) is 0 Å². The monoisotopic (exact) mass is 168 g/mol.